The summed E-state index contributed by atoms with van der Waals surface area (Å²) in [5.74, 6) is -0.426. The summed E-state index contributed by atoms with van der Waals surface area (Å²) in [5, 5.41) is 6.97. The quantitative estimate of drug-likeness (QED) is 0.507. The van der Waals surface area contributed by atoms with Crippen LogP contribution in [0.4, 0.5) is 17.3 Å². The van der Waals surface area contributed by atoms with Gasteiger partial charge >= 0.3 is 0 Å². The number of amides is 2. The zero-order valence-corrected chi connectivity index (χ0v) is 14.8. The number of hydrogen-bond acceptors (Lipinski definition) is 6. The molecule has 0 saturated carbocycles. The van der Waals surface area contributed by atoms with Gasteiger partial charge in [0.15, 0.2) is 0 Å². The van der Waals surface area contributed by atoms with Crippen molar-refractivity contribution in [3.8, 4) is 0 Å². The van der Waals surface area contributed by atoms with Crippen LogP contribution < -0.4 is 22.1 Å². The molecule has 3 rings (SSSR count). The van der Waals surface area contributed by atoms with Gasteiger partial charge in [-0.15, -0.1) is 0 Å². The molecular weight excluding hydrogens is 344 g/mol. The third-order valence-corrected chi connectivity index (χ3v) is 4.09. The minimum Gasteiger partial charge on any atom is -0.368 e. The molecule has 6 N–H and O–H groups in total. The van der Waals surface area contributed by atoms with Gasteiger partial charge in [0.1, 0.15) is 17.7 Å². The maximum Gasteiger partial charge on any atom is 0.252 e. The van der Waals surface area contributed by atoms with Crippen molar-refractivity contribution in [2.45, 2.75) is 19.4 Å². The Morgan fingerprint density at radius 2 is 1.93 bits per heavy atom. The first kappa shape index (κ1) is 18.1. The summed E-state index contributed by atoms with van der Waals surface area (Å²) in [4.78, 5) is 32.0. The molecule has 0 radical (unpaired) electrons. The number of carbonyl (C=O) groups excluding carboxylic acids is 2. The van der Waals surface area contributed by atoms with Gasteiger partial charge in [-0.2, -0.15) is 0 Å². The minimum absolute atomic E-state index is 0.223. The number of rotatable bonds is 7. The molecule has 8 heteroatoms. The number of para-hydroxylation sites is 1. The number of fused-ring (bicyclic) bond motifs is 1. The van der Waals surface area contributed by atoms with E-state index >= 15 is 0 Å². The van der Waals surface area contributed by atoms with Gasteiger partial charge in [0, 0.05) is 5.39 Å². The average Bonchev–Trinajstić information content (AvgIpc) is 2.65. The second kappa shape index (κ2) is 7.69. The van der Waals surface area contributed by atoms with Crippen LogP contribution in [0.3, 0.4) is 0 Å². The summed E-state index contributed by atoms with van der Waals surface area (Å²) in [5.41, 5.74) is 12.5. The largest absolute Gasteiger partial charge is 0.368 e. The number of anilines is 3. The molecule has 1 aromatic carbocycles. The highest BCUT2D eigenvalue weighted by atomic mass is 16.1. The van der Waals surface area contributed by atoms with Crippen LogP contribution in [0.15, 0.2) is 48.7 Å². The molecule has 138 valence electrons. The first-order valence-electron chi connectivity index (χ1n) is 8.46. The molecule has 0 aliphatic heterocycles. The van der Waals surface area contributed by atoms with Crippen molar-refractivity contribution in [1.29, 1.82) is 0 Å². The van der Waals surface area contributed by atoms with E-state index < -0.39 is 17.9 Å². The van der Waals surface area contributed by atoms with E-state index in [1.807, 2.05) is 37.3 Å². The fourth-order valence-corrected chi connectivity index (χ4v) is 2.66. The van der Waals surface area contributed by atoms with Crippen molar-refractivity contribution in [3.05, 3.63) is 54.2 Å². The number of pyridine rings is 2. The van der Waals surface area contributed by atoms with E-state index in [-0.39, 0.29) is 11.4 Å². The molecule has 2 aromatic heterocycles. The predicted molar refractivity (Wildman–Crippen MR) is 105 cm³/mol. The molecule has 3 aromatic rings. The Labute approximate surface area is 156 Å². The predicted octanol–water partition coefficient (Wildman–Crippen LogP) is 2.15. The molecule has 0 unspecified atom stereocenters. The summed E-state index contributed by atoms with van der Waals surface area (Å²) in [7, 11) is 0. The number of benzene rings is 1. The summed E-state index contributed by atoms with van der Waals surface area (Å²) in [6.45, 7) is 1.83. The lowest BCUT2D eigenvalue weighted by Crippen LogP contribution is -2.35. The lowest BCUT2D eigenvalue weighted by Gasteiger charge is -2.16. The Bertz CT molecular complexity index is 1000. The minimum atomic E-state index is -0.618. The Balaban J connectivity index is 1.94. The maximum absolute atomic E-state index is 11.8. The molecule has 0 aliphatic carbocycles. The number of nitrogens with one attached hydrogen (secondary N) is 2. The molecule has 1 atom stereocenters. The zero-order valence-electron chi connectivity index (χ0n) is 14.8. The fourth-order valence-electron chi connectivity index (χ4n) is 2.66. The Morgan fingerprint density at radius 3 is 2.63 bits per heavy atom. The molecule has 27 heavy (non-hydrogen) atoms. The van der Waals surface area contributed by atoms with Gasteiger partial charge in [-0.1, -0.05) is 25.1 Å². The van der Waals surface area contributed by atoms with Gasteiger partial charge < -0.3 is 22.1 Å². The van der Waals surface area contributed by atoms with E-state index in [4.69, 9.17) is 11.5 Å². The van der Waals surface area contributed by atoms with Gasteiger partial charge in [0.05, 0.1) is 23.0 Å². The van der Waals surface area contributed by atoms with Crippen molar-refractivity contribution in [3.63, 3.8) is 0 Å². The lowest BCUT2D eigenvalue weighted by molar-refractivity contribution is -0.118. The summed E-state index contributed by atoms with van der Waals surface area (Å²) in [6, 6.07) is 12.1. The number of nitrogens with two attached hydrogens (primary N) is 2. The van der Waals surface area contributed by atoms with Gasteiger partial charge in [-0.3, -0.25) is 14.6 Å². The van der Waals surface area contributed by atoms with Gasteiger partial charge in [-0.05, 0) is 30.7 Å². The van der Waals surface area contributed by atoms with E-state index in [0.717, 1.165) is 10.9 Å². The molecular formula is C19H20N6O2. The van der Waals surface area contributed by atoms with E-state index in [0.29, 0.717) is 17.9 Å². The average molecular weight is 364 g/mol. The third-order valence-electron chi connectivity index (χ3n) is 4.09. The molecule has 0 aliphatic rings. The Morgan fingerprint density at radius 1 is 1.15 bits per heavy atom. The van der Waals surface area contributed by atoms with Gasteiger partial charge in [0.2, 0.25) is 5.91 Å². The van der Waals surface area contributed by atoms with Crippen LogP contribution in [0.1, 0.15) is 23.7 Å². The molecule has 0 spiro atoms. The molecule has 2 heterocycles. The van der Waals surface area contributed by atoms with E-state index in [1.165, 1.54) is 0 Å². The van der Waals surface area contributed by atoms with Crippen LogP contribution in [0.25, 0.3) is 10.9 Å². The highest BCUT2D eigenvalue weighted by Crippen LogP contribution is 2.23. The van der Waals surface area contributed by atoms with E-state index in [2.05, 4.69) is 20.6 Å². The lowest BCUT2D eigenvalue weighted by atomic mass is 10.2. The molecule has 0 fully saturated rings. The molecule has 8 nitrogen and oxygen atoms in total. The normalized spacial score (nSPS) is 11.7. The van der Waals surface area contributed by atoms with Crippen LogP contribution in [-0.2, 0) is 4.79 Å². The number of primary amides is 2. The van der Waals surface area contributed by atoms with Crippen LogP contribution in [-0.4, -0.2) is 27.8 Å². The van der Waals surface area contributed by atoms with E-state index in [9.17, 15) is 9.59 Å². The highest BCUT2D eigenvalue weighted by molar-refractivity contribution is 5.99. The molecule has 0 saturated heterocycles. The van der Waals surface area contributed by atoms with Gasteiger partial charge in [0.25, 0.3) is 5.91 Å². The van der Waals surface area contributed by atoms with Crippen molar-refractivity contribution in [2.75, 3.05) is 10.6 Å². The van der Waals surface area contributed by atoms with Crippen LogP contribution in [0.2, 0.25) is 0 Å². The summed E-state index contributed by atoms with van der Waals surface area (Å²) < 4.78 is 0. The van der Waals surface area contributed by atoms with E-state index in [1.54, 1.807) is 18.3 Å². The fraction of sp³-hybridized carbons (Fsp3) is 0.158. The number of nitrogens with zero attached hydrogens (tertiary/aromatic N) is 2. The number of carbonyl (C=O) groups is 2. The monoisotopic (exact) mass is 364 g/mol. The zero-order chi connectivity index (χ0) is 19.4. The second-order valence-electron chi connectivity index (χ2n) is 6.01. The number of aromatic nitrogens is 2. The van der Waals surface area contributed by atoms with Crippen LogP contribution in [0.5, 0.6) is 0 Å². The Hall–Kier alpha value is -3.68. The van der Waals surface area contributed by atoms with Crippen LogP contribution in [0, 0.1) is 0 Å². The van der Waals surface area contributed by atoms with Crippen molar-refractivity contribution in [2.24, 2.45) is 11.5 Å². The maximum atomic E-state index is 11.8. The van der Waals surface area contributed by atoms with Crippen molar-refractivity contribution >= 4 is 40.0 Å². The molecule has 2 amide bonds. The van der Waals surface area contributed by atoms with Crippen LogP contribution >= 0.6 is 0 Å². The van der Waals surface area contributed by atoms with Gasteiger partial charge in [-0.25, -0.2) is 4.98 Å². The third kappa shape index (κ3) is 4.12. The Kier molecular flexibility index (Phi) is 5.16. The first-order valence-corrected chi connectivity index (χ1v) is 8.46. The standard InChI is InChI=1S/C19H20N6O2/c1-2-14(18(21)27)24-16-8-7-13(17(20)26)19(25-16)23-12-9-11-5-3-4-6-15(11)22-10-12/h3-10,14H,2H2,1H3,(H2,20,26)(H2,21,27)(H2,23,24,25)/t14-/m1/s1. The highest BCUT2D eigenvalue weighted by Gasteiger charge is 2.16. The van der Waals surface area contributed by atoms with Crippen molar-refractivity contribution < 1.29 is 9.59 Å². The summed E-state index contributed by atoms with van der Waals surface area (Å²) in [6.07, 6.45) is 2.15. The van der Waals surface area contributed by atoms with Crippen molar-refractivity contribution in [1.82, 2.24) is 9.97 Å². The summed E-state index contributed by atoms with van der Waals surface area (Å²) >= 11 is 0. The topological polar surface area (TPSA) is 136 Å². The second-order valence-corrected chi connectivity index (χ2v) is 6.01. The first-order chi connectivity index (χ1) is 13.0. The number of hydrogen-bond donors (Lipinski definition) is 4. The molecule has 0 bridgehead atoms. The SMILES string of the molecule is CC[C@@H](Nc1ccc(C(N)=O)c(Nc2cnc3ccccc3c2)n1)C(N)=O. The smallest absolute Gasteiger partial charge is 0.252 e.